The molecule has 19 heavy (non-hydrogen) atoms. The van der Waals surface area contributed by atoms with Crippen LogP contribution < -0.4 is 5.73 Å². The van der Waals surface area contributed by atoms with Gasteiger partial charge in [-0.05, 0) is 19.4 Å². The van der Waals surface area contributed by atoms with Crippen molar-refractivity contribution >= 4 is 29.0 Å². The molecule has 7 nitrogen and oxygen atoms in total. The Morgan fingerprint density at radius 2 is 2.47 bits per heavy atom. The smallest absolute Gasteiger partial charge is 0.313 e. The second-order valence-electron chi connectivity index (χ2n) is 4.30. The molecule has 1 saturated carbocycles. The molecule has 2 aromatic heterocycles. The fraction of sp³-hybridized carbons (Fsp3) is 0.333. The van der Waals surface area contributed by atoms with Crippen LogP contribution in [0.3, 0.4) is 0 Å². The summed E-state index contributed by atoms with van der Waals surface area (Å²) in [5.74, 6) is 0.476. The molecule has 1 fully saturated rings. The summed E-state index contributed by atoms with van der Waals surface area (Å²) in [6.45, 7) is 2.18. The summed E-state index contributed by atoms with van der Waals surface area (Å²) in [4.78, 5) is 26.8. The first-order chi connectivity index (χ1) is 9.19. The lowest BCUT2D eigenvalue weighted by Crippen LogP contribution is -2.05. The van der Waals surface area contributed by atoms with Crippen molar-refractivity contribution in [1.29, 1.82) is 0 Å². The maximum atomic E-state index is 11.5. The zero-order valence-electron chi connectivity index (χ0n) is 10.4. The van der Waals surface area contributed by atoms with Gasteiger partial charge in [-0.3, -0.25) is 4.79 Å². The molecule has 0 aliphatic heterocycles. The van der Waals surface area contributed by atoms with Gasteiger partial charge in [0.15, 0.2) is 17.3 Å². The Morgan fingerprint density at radius 1 is 1.63 bits per heavy atom. The molecule has 1 aliphatic carbocycles. The lowest BCUT2D eigenvalue weighted by atomic mass is 10.3. The molecule has 0 radical (unpaired) electrons. The van der Waals surface area contributed by atoms with Gasteiger partial charge in [0.05, 0.1) is 18.9 Å². The van der Waals surface area contributed by atoms with E-state index in [1.54, 1.807) is 13.0 Å². The maximum absolute atomic E-state index is 11.5. The molecule has 0 aromatic carbocycles. The molecule has 1 atom stereocenters. The number of rotatable bonds is 3. The van der Waals surface area contributed by atoms with Crippen molar-refractivity contribution < 1.29 is 9.53 Å². The Labute approximate surface area is 108 Å². The van der Waals surface area contributed by atoms with Crippen molar-refractivity contribution in [1.82, 2.24) is 19.9 Å². The molecule has 1 aliphatic rings. The first kappa shape index (κ1) is 11.6. The fourth-order valence-electron chi connectivity index (χ4n) is 1.92. The number of hydrogen-bond acceptors (Lipinski definition) is 6. The number of esters is 1. The Morgan fingerprint density at radius 3 is 3.26 bits per heavy atom. The number of fused-ring (bicyclic) bond motifs is 1. The first-order valence-electron chi connectivity index (χ1n) is 6.02. The third kappa shape index (κ3) is 2.14. The predicted molar refractivity (Wildman–Crippen MR) is 68.8 cm³/mol. The third-order valence-corrected chi connectivity index (χ3v) is 2.94. The number of nitrogens with one attached hydrogen (secondary N) is 1. The van der Waals surface area contributed by atoms with Crippen molar-refractivity contribution in [3.63, 3.8) is 0 Å². The van der Waals surface area contributed by atoms with Gasteiger partial charge in [0.2, 0.25) is 0 Å². The summed E-state index contributed by atoms with van der Waals surface area (Å²) in [5, 5.41) is 0. The number of hydrogen-bond donors (Lipinski definition) is 2. The van der Waals surface area contributed by atoms with Crippen LogP contribution in [0.15, 0.2) is 11.9 Å². The average Bonchev–Trinajstić information content (AvgIpc) is 2.96. The number of aromatic nitrogens is 4. The van der Waals surface area contributed by atoms with Crippen molar-refractivity contribution in [3.8, 4) is 0 Å². The third-order valence-electron chi connectivity index (χ3n) is 2.94. The minimum Gasteiger partial charge on any atom is -0.466 e. The van der Waals surface area contributed by atoms with Crippen LogP contribution in [0, 0.1) is 5.92 Å². The summed E-state index contributed by atoms with van der Waals surface area (Å²) in [6, 6.07) is 0. The number of nitrogen functional groups attached to an aromatic ring is 1. The highest BCUT2D eigenvalue weighted by molar-refractivity contribution is 5.85. The molecule has 7 heteroatoms. The van der Waals surface area contributed by atoms with Crippen LogP contribution in [0.25, 0.3) is 17.2 Å². The first-order valence-corrected chi connectivity index (χ1v) is 6.02. The van der Waals surface area contributed by atoms with Gasteiger partial charge in [0, 0.05) is 0 Å². The van der Waals surface area contributed by atoms with Gasteiger partial charge in [-0.1, -0.05) is 5.57 Å². The summed E-state index contributed by atoms with van der Waals surface area (Å²) in [5.41, 5.74) is 7.91. The summed E-state index contributed by atoms with van der Waals surface area (Å²) < 4.78 is 4.95. The molecule has 2 heterocycles. The average molecular weight is 259 g/mol. The van der Waals surface area contributed by atoms with E-state index in [1.165, 1.54) is 6.33 Å². The lowest BCUT2D eigenvalue weighted by Gasteiger charge is -1.98. The minimum absolute atomic E-state index is 0.153. The van der Waals surface area contributed by atoms with E-state index < -0.39 is 0 Å². The summed E-state index contributed by atoms with van der Waals surface area (Å²) >= 11 is 0. The van der Waals surface area contributed by atoms with Crippen LogP contribution in [-0.2, 0) is 9.53 Å². The summed E-state index contributed by atoms with van der Waals surface area (Å²) in [7, 11) is 0. The number of anilines is 1. The number of carbonyl (C=O) groups is 1. The Bertz CT molecular complexity index is 676. The van der Waals surface area contributed by atoms with Crippen LogP contribution in [0.1, 0.15) is 19.2 Å². The van der Waals surface area contributed by atoms with Crippen molar-refractivity contribution in [2.75, 3.05) is 12.3 Å². The number of carbonyl (C=O) groups excluding carboxylic acids is 1. The highest BCUT2D eigenvalue weighted by Crippen LogP contribution is 2.39. The quantitative estimate of drug-likeness (QED) is 0.793. The zero-order chi connectivity index (χ0) is 13.4. The van der Waals surface area contributed by atoms with Gasteiger partial charge < -0.3 is 15.5 Å². The zero-order valence-corrected chi connectivity index (χ0v) is 10.4. The molecular weight excluding hydrogens is 246 g/mol. The van der Waals surface area contributed by atoms with Crippen molar-refractivity contribution in [2.24, 2.45) is 5.92 Å². The van der Waals surface area contributed by atoms with Gasteiger partial charge in [-0.15, -0.1) is 0 Å². The topological polar surface area (TPSA) is 107 Å². The van der Waals surface area contributed by atoms with Gasteiger partial charge >= 0.3 is 5.97 Å². The second-order valence-corrected chi connectivity index (χ2v) is 4.30. The van der Waals surface area contributed by atoms with E-state index in [9.17, 15) is 4.79 Å². The van der Waals surface area contributed by atoms with E-state index in [0.717, 1.165) is 5.57 Å². The number of H-pyrrole nitrogens is 1. The molecule has 2 aromatic rings. The molecule has 3 N–H and O–H groups in total. The van der Waals surface area contributed by atoms with E-state index >= 15 is 0 Å². The lowest BCUT2D eigenvalue weighted by molar-refractivity contribution is -0.144. The highest BCUT2D eigenvalue weighted by atomic mass is 16.5. The molecule has 3 rings (SSSR count). The van der Waals surface area contributed by atoms with E-state index in [2.05, 4.69) is 19.9 Å². The SMILES string of the molecule is CCOC(=O)C1CC1=Cc1nc(N)c2[nH]cnc2n1. The molecule has 98 valence electrons. The molecule has 0 spiro atoms. The van der Waals surface area contributed by atoms with Crippen LogP contribution in [0.4, 0.5) is 5.82 Å². The Balaban J connectivity index is 1.85. The number of ether oxygens (including phenoxy) is 1. The van der Waals surface area contributed by atoms with E-state index in [-0.39, 0.29) is 11.9 Å². The van der Waals surface area contributed by atoms with Gasteiger partial charge in [0.25, 0.3) is 0 Å². The number of aromatic amines is 1. The molecular formula is C12H13N5O2. The summed E-state index contributed by atoms with van der Waals surface area (Å²) in [6.07, 6.45) is 3.98. The number of nitrogens with two attached hydrogens (primary N) is 1. The number of imidazole rings is 1. The van der Waals surface area contributed by atoms with Crippen LogP contribution >= 0.6 is 0 Å². The van der Waals surface area contributed by atoms with Crippen LogP contribution in [0.2, 0.25) is 0 Å². The maximum Gasteiger partial charge on any atom is 0.313 e. The minimum atomic E-state index is -0.192. The normalized spacial score (nSPS) is 19.8. The molecule has 0 bridgehead atoms. The Hall–Kier alpha value is -2.44. The Kier molecular flexibility index (Phi) is 2.66. The highest BCUT2D eigenvalue weighted by Gasteiger charge is 2.38. The second kappa shape index (κ2) is 4.34. The largest absolute Gasteiger partial charge is 0.466 e. The predicted octanol–water partition coefficient (Wildman–Crippen LogP) is 0.902. The van der Waals surface area contributed by atoms with E-state index in [4.69, 9.17) is 10.5 Å². The van der Waals surface area contributed by atoms with Crippen LogP contribution in [-0.4, -0.2) is 32.5 Å². The fourth-order valence-corrected chi connectivity index (χ4v) is 1.92. The van der Waals surface area contributed by atoms with Gasteiger partial charge in [0.1, 0.15) is 5.52 Å². The monoisotopic (exact) mass is 259 g/mol. The van der Waals surface area contributed by atoms with Crippen molar-refractivity contribution in [2.45, 2.75) is 13.3 Å². The van der Waals surface area contributed by atoms with Gasteiger partial charge in [-0.25, -0.2) is 15.0 Å². The van der Waals surface area contributed by atoms with Gasteiger partial charge in [-0.2, -0.15) is 0 Å². The standard InChI is InChI=1S/C12H13N5O2/c1-2-19-12(18)7-3-6(7)4-8-16-10(13)9-11(17-8)15-5-14-9/h4-5,7H,2-3H2,1H3,(H3,13,14,15,16,17). The molecule has 0 amide bonds. The van der Waals surface area contributed by atoms with E-state index in [1.807, 2.05) is 0 Å². The number of nitrogens with zero attached hydrogens (tertiary/aromatic N) is 3. The van der Waals surface area contributed by atoms with Crippen molar-refractivity contribution in [3.05, 3.63) is 17.7 Å². The molecule has 0 saturated heterocycles. The molecule has 1 unspecified atom stereocenters. The van der Waals surface area contributed by atoms with E-state index in [0.29, 0.717) is 35.8 Å². The van der Waals surface area contributed by atoms with Crippen LogP contribution in [0.5, 0.6) is 0 Å².